The number of likely N-dealkylation sites (N-methyl/N-ethyl adjacent to an activating group) is 1. The number of aromatic nitrogens is 1. The lowest BCUT2D eigenvalue weighted by molar-refractivity contribution is 0.314. The molecule has 1 aromatic heterocycles. The molecule has 24 heavy (non-hydrogen) atoms. The number of nitrogens with one attached hydrogen (secondary N) is 1. The highest BCUT2D eigenvalue weighted by atomic mass is 32.1. The summed E-state index contributed by atoms with van der Waals surface area (Å²) in [4.78, 5) is 8.92. The summed E-state index contributed by atoms with van der Waals surface area (Å²) in [5, 5.41) is 4.52. The fraction of sp³-hybridized carbons (Fsp3) is 0.684. The molecule has 1 N–H and O–H groups in total. The van der Waals surface area contributed by atoms with Crippen molar-refractivity contribution in [2.45, 2.75) is 57.5 Å². The molecule has 1 fully saturated rings. The monoisotopic (exact) mass is 348 g/mol. The van der Waals surface area contributed by atoms with Crippen molar-refractivity contribution in [3.63, 3.8) is 0 Å². The third-order valence-corrected chi connectivity index (χ3v) is 4.99. The van der Waals surface area contributed by atoms with Crippen LogP contribution in [-0.2, 0) is 6.54 Å². The zero-order valence-electron chi connectivity index (χ0n) is 15.2. The highest BCUT2D eigenvalue weighted by Crippen LogP contribution is 2.17. The van der Waals surface area contributed by atoms with Gasteiger partial charge in [0.2, 0.25) is 0 Å². The van der Waals surface area contributed by atoms with Crippen molar-refractivity contribution in [1.29, 1.82) is 0 Å². The van der Waals surface area contributed by atoms with E-state index in [0.29, 0.717) is 6.04 Å². The fourth-order valence-corrected chi connectivity index (χ4v) is 3.45. The zero-order valence-corrected chi connectivity index (χ0v) is 16.0. The normalized spacial score (nSPS) is 16.5. The highest BCUT2D eigenvalue weighted by Gasteiger charge is 2.17. The molecular weight excluding hydrogens is 316 g/mol. The van der Waals surface area contributed by atoms with Gasteiger partial charge in [-0.3, -0.25) is 4.98 Å². The molecule has 1 aliphatic rings. The van der Waals surface area contributed by atoms with Crippen molar-refractivity contribution in [1.82, 2.24) is 20.1 Å². The van der Waals surface area contributed by atoms with Crippen LogP contribution in [0.5, 0.6) is 0 Å². The minimum absolute atomic E-state index is 0.531. The van der Waals surface area contributed by atoms with Gasteiger partial charge in [0.25, 0.3) is 0 Å². The van der Waals surface area contributed by atoms with Crippen LogP contribution in [0.15, 0.2) is 24.4 Å². The summed E-state index contributed by atoms with van der Waals surface area (Å²) < 4.78 is 0. The zero-order chi connectivity index (χ0) is 17.2. The van der Waals surface area contributed by atoms with E-state index in [4.69, 9.17) is 12.2 Å². The minimum atomic E-state index is 0.531. The first-order valence-corrected chi connectivity index (χ1v) is 9.66. The van der Waals surface area contributed by atoms with Crippen molar-refractivity contribution in [2.75, 3.05) is 27.2 Å². The fourth-order valence-electron chi connectivity index (χ4n) is 3.13. The molecule has 0 unspecified atom stereocenters. The van der Waals surface area contributed by atoms with Gasteiger partial charge in [-0.1, -0.05) is 38.2 Å². The smallest absolute Gasteiger partial charge is 0.169 e. The van der Waals surface area contributed by atoms with E-state index in [-0.39, 0.29) is 0 Å². The lowest BCUT2D eigenvalue weighted by Gasteiger charge is -2.30. The maximum Gasteiger partial charge on any atom is 0.169 e. The van der Waals surface area contributed by atoms with E-state index >= 15 is 0 Å². The van der Waals surface area contributed by atoms with Gasteiger partial charge in [-0.25, -0.2) is 0 Å². The number of nitrogens with zero attached hydrogens (tertiary/aromatic N) is 3. The van der Waals surface area contributed by atoms with E-state index in [1.54, 1.807) is 0 Å². The maximum atomic E-state index is 5.75. The Kier molecular flexibility index (Phi) is 8.47. The van der Waals surface area contributed by atoms with Crippen molar-refractivity contribution in [2.24, 2.45) is 0 Å². The Morgan fingerprint density at radius 3 is 2.46 bits per heavy atom. The predicted molar refractivity (Wildman–Crippen MR) is 105 cm³/mol. The molecule has 0 amide bonds. The molecule has 1 aromatic rings. The van der Waals surface area contributed by atoms with Crippen molar-refractivity contribution in [3.05, 3.63) is 30.1 Å². The first-order chi connectivity index (χ1) is 11.6. The number of pyridine rings is 1. The summed E-state index contributed by atoms with van der Waals surface area (Å²) >= 11 is 5.75. The maximum absolute atomic E-state index is 5.75. The van der Waals surface area contributed by atoms with E-state index in [9.17, 15) is 0 Å². The Balaban J connectivity index is 1.94. The second-order valence-electron chi connectivity index (χ2n) is 7.04. The average Bonchev–Trinajstić information content (AvgIpc) is 2.54. The average molecular weight is 349 g/mol. The van der Waals surface area contributed by atoms with Gasteiger partial charge in [0, 0.05) is 25.3 Å². The molecule has 1 heterocycles. The van der Waals surface area contributed by atoms with E-state index in [0.717, 1.165) is 30.4 Å². The summed E-state index contributed by atoms with van der Waals surface area (Å²) in [6.45, 7) is 2.68. The molecule has 0 radical (unpaired) electrons. The third-order valence-electron chi connectivity index (χ3n) is 4.62. The van der Waals surface area contributed by atoms with E-state index in [1.807, 2.05) is 18.3 Å². The molecule has 0 saturated heterocycles. The minimum Gasteiger partial charge on any atom is -0.360 e. The van der Waals surface area contributed by atoms with Gasteiger partial charge < -0.3 is 15.1 Å². The summed E-state index contributed by atoms with van der Waals surface area (Å²) in [5.74, 6) is 0. The van der Waals surface area contributed by atoms with Gasteiger partial charge in [-0.2, -0.15) is 0 Å². The molecule has 0 aromatic carbocycles. The Bertz CT molecular complexity index is 470. The van der Waals surface area contributed by atoms with E-state index in [2.05, 4.69) is 40.3 Å². The molecule has 2 rings (SSSR count). The number of hydrogen-bond acceptors (Lipinski definition) is 3. The molecule has 5 heteroatoms. The van der Waals surface area contributed by atoms with Crippen LogP contribution < -0.4 is 5.32 Å². The van der Waals surface area contributed by atoms with Crippen LogP contribution in [-0.4, -0.2) is 53.1 Å². The van der Waals surface area contributed by atoms with Crippen LogP contribution in [0.25, 0.3) is 0 Å². The SMILES string of the molecule is CN(C)CCN(Cc1ccccn1)C(=S)NC1CCCCCCC1. The standard InChI is InChI=1S/C19H32N4S/c1-22(2)14-15-23(16-18-12-8-9-13-20-18)19(24)21-17-10-6-4-3-5-7-11-17/h8-9,12-13,17H,3-7,10-11,14-16H2,1-2H3,(H,21,24). The van der Waals surface area contributed by atoms with Gasteiger partial charge in [-0.05, 0) is 51.3 Å². The lowest BCUT2D eigenvalue weighted by Crippen LogP contribution is -2.46. The molecule has 134 valence electrons. The van der Waals surface area contributed by atoms with Gasteiger partial charge in [0.15, 0.2) is 5.11 Å². The van der Waals surface area contributed by atoms with Crippen LogP contribution >= 0.6 is 12.2 Å². The first kappa shape index (κ1) is 19.1. The summed E-state index contributed by atoms with van der Waals surface area (Å²) in [6, 6.07) is 6.60. The van der Waals surface area contributed by atoms with Gasteiger partial charge in [0.1, 0.15) is 0 Å². The Labute approximate surface area is 152 Å². The third kappa shape index (κ3) is 7.14. The second kappa shape index (κ2) is 10.6. The lowest BCUT2D eigenvalue weighted by atomic mass is 9.97. The molecule has 4 nitrogen and oxygen atoms in total. The summed E-state index contributed by atoms with van der Waals surface area (Å²) in [6.07, 6.45) is 11.1. The van der Waals surface area contributed by atoms with Crippen LogP contribution in [0.4, 0.5) is 0 Å². The molecule has 0 atom stereocenters. The van der Waals surface area contributed by atoms with Crippen molar-refractivity contribution in [3.8, 4) is 0 Å². The molecule has 1 aliphatic carbocycles. The number of hydrogen-bond donors (Lipinski definition) is 1. The molecule has 0 spiro atoms. The van der Waals surface area contributed by atoms with E-state index in [1.165, 1.54) is 44.9 Å². The van der Waals surface area contributed by atoms with Crippen LogP contribution in [0.2, 0.25) is 0 Å². The topological polar surface area (TPSA) is 31.4 Å². The van der Waals surface area contributed by atoms with Gasteiger partial charge >= 0.3 is 0 Å². The summed E-state index contributed by atoms with van der Waals surface area (Å²) in [5.41, 5.74) is 1.07. The molecule has 0 aliphatic heterocycles. The van der Waals surface area contributed by atoms with Crippen molar-refractivity contribution >= 4 is 17.3 Å². The Morgan fingerprint density at radius 1 is 1.12 bits per heavy atom. The van der Waals surface area contributed by atoms with Crippen LogP contribution in [0.3, 0.4) is 0 Å². The van der Waals surface area contributed by atoms with Crippen LogP contribution in [0, 0.1) is 0 Å². The van der Waals surface area contributed by atoms with Gasteiger partial charge in [-0.15, -0.1) is 0 Å². The van der Waals surface area contributed by atoms with Crippen molar-refractivity contribution < 1.29 is 0 Å². The predicted octanol–water partition coefficient (Wildman–Crippen LogP) is 3.43. The van der Waals surface area contributed by atoms with Gasteiger partial charge in [0.05, 0.1) is 12.2 Å². The Morgan fingerprint density at radius 2 is 1.83 bits per heavy atom. The molecule has 0 bridgehead atoms. The number of thiocarbonyl (C=S) groups is 1. The quantitative estimate of drug-likeness (QED) is 0.796. The Hall–Kier alpha value is -1.20. The van der Waals surface area contributed by atoms with Crippen LogP contribution in [0.1, 0.15) is 50.6 Å². The first-order valence-electron chi connectivity index (χ1n) is 9.25. The number of rotatable bonds is 6. The summed E-state index contributed by atoms with van der Waals surface area (Å²) in [7, 11) is 4.20. The molecule has 1 saturated carbocycles. The highest BCUT2D eigenvalue weighted by molar-refractivity contribution is 7.80. The largest absolute Gasteiger partial charge is 0.360 e. The van der Waals surface area contributed by atoms with E-state index < -0.39 is 0 Å². The second-order valence-corrected chi connectivity index (χ2v) is 7.42. The molecular formula is C19H32N4S.